The molecule has 0 fully saturated rings. The van der Waals surface area contributed by atoms with Crippen molar-refractivity contribution in [2.75, 3.05) is 13.1 Å². The average Bonchev–Trinajstić information content (AvgIpc) is 2.79. The lowest BCUT2D eigenvalue weighted by Crippen LogP contribution is -2.21. The molecule has 0 amide bonds. The largest absolute Gasteiger partial charge is 0.477 e. The summed E-state index contributed by atoms with van der Waals surface area (Å²) in [6, 6.07) is 7.93. The Morgan fingerprint density at radius 1 is 1.28 bits per heavy atom. The Balaban J connectivity index is 2.29. The van der Waals surface area contributed by atoms with Crippen molar-refractivity contribution in [1.29, 1.82) is 0 Å². The van der Waals surface area contributed by atoms with Crippen LogP contribution in [0.2, 0.25) is 0 Å². The molecule has 0 aliphatic rings. The molecular weight excluding hydrogens is 246 g/mol. The van der Waals surface area contributed by atoms with E-state index in [1.165, 1.54) is 16.9 Å². The van der Waals surface area contributed by atoms with Crippen molar-refractivity contribution in [2.24, 2.45) is 0 Å². The summed E-state index contributed by atoms with van der Waals surface area (Å²) in [6.45, 7) is 7.27. The Bertz CT molecular complexity index is 558. The first-order chi connectivity index (χ1) is 8.63. The zero-order chi connectivity index (χ0) is 13.1. The van der Waals surface area contributed by atoms with Crippen LogP contribution in [0.5, 0.6) is 0 Å². The number of rotatable bonds is 5. The molecule has 0 spiro atoms. The Morgan fingerprint density at radius 3 is 2.61 bits per heavy atom. The molecule has 2 rings (SSSR count). The van der Waals surface area contributed by atoms with E-state index in [1.807, 2.05) is 6.07 Å². The van der Waals surface area contributed by atoms with Crippen LogP contribution in [-0.4, -0.2) is 29.1 Å². The Morgan fingerprint density at radius 2 is 2.00 bits per heavy atom. The van der Waals surface area contributed by atoms with Crippen LogP contribution in [0.25, 0.3) is 10.1 Å². The smallest absolute Gasteiger partial charge is 0.345 e. The van der Waals surface area contributed by atoms with Gasteiger partial charge in [-0.05, 0) is 36.2 Å². The number of hydrogen-bond donors (Lipinski definition) is 1. The summed E-state index contributed by atoms with van der Waals surface area (Å²) in [5, 5.41) is 9.99. The van der Waals surface area contributed by atoms with Crippen LogP contribution in [0.4, 0.5) is 0 Å². The highest BCUT2D eigenvalue weighted by atomic mass is 32.1. The Kier molecular flexibility index (Phi) is 3.99. The van der Waals surface area contributed by atoms with Crippen molar-refractivity contribution >= 4 is 27.4 Å². The van der Waals surface area contributed by atoms with Gasteiger partial charge in [0.05, 0.1) is 0 Å². The second-order valence-electron chi connectivity index (χ2n) is 4.25. The lowest BCUT2D eigenvalue weighted by atomic mass is 10.1. The van der Waals surface area contributed by atoms with Gasteiger partial charge in [0.25, 0.3) is 0 Å². The van der Waals surface area contributed by atoms with Crippen molar-refractivity contribution < 1.29 is 9.90 Å². The fourth-order valence-electron chi connectivity index (χ4n) is 1.98. The molecule has 0 unspecified atom stereocenters. The average molecular weight is 263 g/mol. The SMILES string of the molecule is CCN(CC)Cc1ccc2cc(C(=O)O)sc2c1. The molecule has 0 saturated heterocycles. The molecule has 4 heteroatoms. The van der Waals surface area contributed by atoms with E-state index in [9.17, 15) is 4.79 Å². The van der Waals surface area contributed by atoms with Crippen molar-refractivity contribution in [3.8, 4) is 0 Å². The van der Waals surface area contributed by atoms with Gasteiger partial charge in [0, 0.05) is 11.2 Å². The van der Waals surface area contributed by atoms with Gasteiger partial charge < -0.3 is 5.11 Å². The molecule has 1 aromatic heterocycles. The lowest BCUT2D eigenvalue weighted by molar-refractivity contribution is 0.0702. The third kappa shape index (κ3) is 2.71. The summed E-state index contributed by atoms with van der Waals surface area (Å²) in [7, 11) is 0. The predicted octanol–water partition coefficient (Wildman–Crippen LogP) is 3.44. The van der Waals surface area contributed by atoms with Crippen molar-refractivity contribution in [3.63, 3.8) is 0 Å². The third-order valence-corrected chi connectivity index (χ3v) is 4.18. The number of nitrogens with zero attached hydrogens (tertiary/aromatic N) is 1. The van der Waals surface area contributed by atoms with Crippen LogP contribution in [0.15, 0.2) is 24.3 Å². The number of fused-ring (bicyclic) bond motifs is 1. The molecular formula is C14H17NO2S. The van der Waals surface area contributed by atoms with E-state index in [4.69, 9.17) is 5.11 Å². The molecule has 0 aliphatic carbocycles. The van der Waals surface area contributed by atoms with Gasteiger partial charge >= 0.3 is 5.97 Å². The molecule has 1 aromatic carbocycles. The van der Waals surface area contributed by atoms with Gasteiger partial charge in [-0.1, -0.05) is 26.0 Å². The maximum absolute atomic E-state index is 10.9. The fraction of sp³-hybridized carbons (Fsp3) is 0.357. The van der Waals surface area contributed by atoms with Gasteiger partial charge in [-0.3, -0.25) is 4.90 Å². The first kappa shape index (κ1) is 13.1. The summed E-state index contributed by atoms with van der Waals surface area (Å²) in [5.41, 5.74) is 1.24. The molecule has 0 atom stereocenters. The second kappa shape index (κ2) is 5.50. The van der Waals surface area contributed by atoms with Gasteiger partial charge in [-0.25, -0.2) is 4.79 Å². The second-order valence-corrected chi connectivity index (χ2v) is 5.33. The number of carboxylic acids is 1. The minimum Gasteiger partial charge on any atom is -0.477 e. The van der Waals surface area contributed by atoms with Crippen molar-refractivity contribution in [2.45, 2.75) is 20.4 Å². The molecule has 0 bridgehead atoms. The van der Waals surface area contributed by atoms with Crippen molar-refractivity contribution in [1.82, 2.24) is 4.90 Å². The Hall–Kier alpha value is -1.39. The van der Waals surface area contributed by atoms with Crippen LogP contribution in [0.3, 0.4) is 0 Å². The zero-order valence-corrected chi connectivity index (χ0v) is 11.5. The Labute approximate surface area is 111 Å². The monoisotopic (exact) mass is 263 g/mol. The normalized spacial score (nSPS) is 11.3. The molecule has 96 valence electrons. The number of benzene rings is 1. The van der Waals surface area contributed by atoms with E-state index < -0.39 is 5.97 Å². The van der Waals surface area contributed by atoms with Crippen LogP contribution in [-0.2, 0) is 6.54 Å². The van der Waals surface area contributed by atoms with E-state index in [0.29, 0.717) is 4.88 Å². The molecule has 2 aromatic rings. The number of carboxylic acid groups (broad SMARTS) is 1. The summed E-state index contributed by atoms with van der Waals surface area (Å²) in [4.78, 5) is 13.7. The minimum absolute atomic E-state index is 0.407. The van der Waals surface area contributed by atoms with Crippen LogP contribution >= 0.6 is 11.3 Å². The van der Waals surface area contributed by atoms with Gasteiger partial charge in [0.1, 0.15) is 4.88 Å². The van der Waals surface area contributed by atoms with Crippen LogP contribution < -0.4 is 0 Å². The van der Waals surface area contributed by atoms with E-state index >= 15 is 0 Å². The van der Waals surface area contributed by atoms with E-state index in [2.05, 4.69) is 30.9 Å². The molecule has 3 nitrogen and oxygen atoms in total. The minimum atomic E-state index is -0.846. The highest BCUT2D eigenvalue weighted by Gasteiger charge is 2.09. The quantitative estimate of drug-likeness (QED) is 0.898. The summed E-state index contributed by atoms with van der Waals surface area (Å²) < 4.78 is 1.05. The van der Waals surface area contributed by atoms with E-state index in [-0.39, 0.29) is 0 Å². The zero-order valence-electron chi connectivity index (χ0n) is 10.6. The maximum Gasteiger partial charge on any atom is 0.345 e. The van der Waals surface area contributed by atoms with Gasteiger partial charge in [0.2, 0.25) is 0 Å². The molecule has 1 N–H and O–H groups in total. The first-order valence-electron chi connectivity index (χ1n) is 6.12. The number of aromatic carboxylic acids is 1. The molecule has 0 aliphatic heterocycles. The van der Waals surface area contributed by atoms with Crippen molar-refractivity contribution in [3.05, 3.63) is 34.7 Å². The topological polar surface area (TPSA) is 40.5 Å². The number of carbonyl (C=O) groups is 1. The fourth-order valence-corrected chi connectivity index (χ4v) is 2.95. The number of hydrogen-bond acceptors (Lipinski definition) is 3. The predicted molar refractivity (Wildman–Crippen MR) is 75.4 cm³/mol. The highest BCUT2D eigenvalue weighted by Crippen LogP contribution is 2.27. The molecule has 0 saturated carbocycles. The summed E-state index contributed by atoms with van der Waals surface area (Å²) in [6.07, 6.45) is 0. The van der Waals surface area contributed by atoms with Gasteiger partial charge in [-0.15, -0.1) is 11.3 Å². The highest BCUT2D eigenvalue weighted by molar-refractivity contribution is 7.20. The molecule has 0 radical (unpaired) electrons. The summed E-state index contributed by atoms with van der Waals surface area (Å²) in [5.74, 6) is -0.846. The summed E-state index contributed by atoms with van der Waals surface area (Å²) >= 11 is 1.34. The first-order valence-corrected chi connectivity index (χ1v) is 6.93. The third-order valence-electron chi connectivity index (χ3n) is 3.10. The van der Waals surface area contributed by atoms with Crippen LogP contribution in [0, 0.1) is 0 Å². The standard InChI is InChI=1S/C14H17NO2S/c1-3-15(4-2)9-10-5-6-11-8-13(14(16)17)18-12(11)7-10/h5-8H,3-4,9H2,1-2H3,(H,16,17). The van der Waals surface area contributed by atoms with Gasteiger partial charge in [0.15, 0.2) is 0 Å². The molecule has 1 heterocycles. The van der Waals surface area contributed by atoms with E-state index in [0.717, 1.165) is 29.7 Å². The van der Waals surface area contributed by atoms with Crippen LogP contribution in [0.1, 0.15) is 29.1 Å². The molecule has 18 heavy (non-hydrogen) atoms. The maximum atomic E-state index is 10.9. The van der Waals surface area contributed by atoms with E-state index in [1.54, 1.807) is 6.07 Å². The number of thiophene rings is 1. The lowest BCUT2D eigenvalue weighted by Gasteiger charge is -2.17. The van der Waals surface area contributed by atoms with Gasteiger partial charge in [-0.2, -0.15) is 0 Å².